The molecule has 0 fully saturated rings. The number of benzene rings is 2. The topological polar surface area (TPSA) is 36.4 Å². The Hall–Kier alpha value is -1.89. The molecule has 0 aliphatic carbocycles. The number of hydrogen-bond acceptors (Lipinski definition) is 5. The highest BCUT2D eigenvalue weighted by Crippen LogP contribution is 2.31. The van der Waals surface area contributed by atoms with E-state index in [9.17, 15) is 4.79 Å². The Balaban J connectivity index is 1.82. The van der Waals surface area contributed by atoms with Gasteiger partial charge in [-0.2, -0.15) is 0 Å². The van der Waals surface area contributed by atoms with Gasteiger partial charge in [0.1, 0.15) is 0 Å². The van der Waals surface area contributed by atoms with Gasteiger partial charge in [-0.15, -0.1) is 11.8 Å². The van der Waals surface area contributed by atoms with E-state index in [0.717, 1.165) is 46.1 Å². The summed E-state index contributed by atoms with van der Waals surface area (Å²) in [4.78, 5) is 23.7. The minimum absolute atomic E-state index is 0.105. The van der Waals surface area contributed by atoms with Crippen LogP contribution in [0.1, 0.15) is 38.8 Å². The quantitative estimate of drug-likeness (QED) is 0.350. The van der Waals surface area contributed by atoms with Crippen molar-refractivity contribution >= 4 is 44.4 Å². The molecule has 166 valence electrons. The Kier molecular flexibility index (Phi) is 8.52. The zero-order valence-corrected chi connectivity index (χ0v) is 20.9. The van der Waals surface area contributed by atoms with Crippen LogP contribution in [0.2, 0.25) is 0 Å². The van der Waals surface area contributed by atoms with Gasteiger partial charge < -0.3 is 4.90 Å². The van der Waals surface area contributed by atoms with Crippen LogP contribution in [0.3, 0.4) is 0 Å². The number of fused-ring (bicyclic) bond motifs is 1. The number of likely N-dealkylation sites (N-methyl/N-ethyl adjacent to an activating group) is 1. The Morgan fingerprint density at radius 3 is 2.39 bits per heavy atom. The number of carbonyl (C=O) groups is 1. The molecule has 3 aromatic rings. The first-order valence-electron chi connectivity index (χ1n) is 11.1. The molecule has 0 aliphatic heterocycles. The molecule has 0 spiro atoms. The maximum absolute atomic E-state index is 13.4. The smallest absolute Gasteiger partial charge is 0.233 e. The van der Waals surface area contributed by atoms with Crippen molar-refractivity contribution < 1.29 is 4.79 Å². The van der Waals surface area contributed by atoms with Gasteiger partial charge in [-0.1, -0.05) is 63.3 Å². The van der Waals surface area contributed by atoms with E-state index >= 15 is 0 Å². The lowest BCUT2D eigenvalue weighted by atomic mass is 10.1. The SMILES string of the molecule is CCN(CC)CCN(C(=O)Cc1ccc(SC(C)C)cc1)c1nc2c(C)cccc2s1. The number of rotatable bonds is 10. The summed E-state index contributed by atoms with van der Waals surface area (Å²) in [7, 11) is 0. The van der Waals surface area contributed by atoms with Crippen molar-refractivity contribution in [2.45, 2.75) is 51.2 Å². The predicted octanol–water partition coefficient (Wildman–Crippen LogP) is 6.02. The molecule has 4 nitrogen and oxygen atoms in total. The molecule has 0 unspecified atom stereocenters. The molecule has 6 heteroatoms. The van der Waals surface area contributed by atoms with Crippen LogP contribution in [0.5, 0.6) is 0 Å². The van der Waals surface area contributed by atoms with Gasteiger partial charge in [0.2, 0.25) is 5.91 Å². The second-order valence-corrected chi connectivity index (χ2v) is 10.6. The summed E-state index contributed by atoms with van der Waals surface area (Å²) in [5.41, 5.74) is 3.19. The number of para-hydroxylation sites is 1. The zero-order valence-electron chi connectivity index (χ0n) is 19.2. The molecular formula is C25H33N3OS2. The van der Waals surface area contributed by atoms with E-state index < -0.39 is 0 Å². The van der Waals surface area contributed by atoms with E-state index in [0.29, 0.717) is 18.2 Å². The van der Waals surface area contributed by atoms with Crippen LogP contribution in [0.4, 0.5) is 5.13 Å². The van der Waals surface area contributed by atoms with Crippen molar-refractivity contribution in [2.75, 3.05) is 31.1 Å². The van der Waals surface area contributed by atoms with Crippen molar-refractivity contribution in [1.82, 2.24) is 9.88 Å². The van der Waals surface area contributed by atoms with Crippen LogP contribution in [-0.4, -0.2) is 47.2 Å². The molecule has 1 heterocycles. The van der Waals surface area contributed by atoms with E-state index in [2.05, 4.69) is 82.0 Å². The van der Waals surface area contributed by atoms with Gasteiger partial charge in [-0.25, -0.2) is 4.98 Å². The van der Waals surface area contributed by atoms with Gasteiger partial charge in [0.05, 0.1) is 16.6 Å². The first-order chi connectivity index (χ1) is 14.9. The Morgan fingerprint density at radius 2 is 1.77 bits per heavy atom. The first-order valence-corrected chi connectivity index (χ1v) is 12.7. The van der Waals surface area contributed by atoms with Crippen molar-refractivity contribution in [1.29, 1.82) is 0 Å². The molecule has 3 rings (SSSR count). The van der Waals surface area contributed by atoms with E-state index in [4.69, 9.17) is 4.98 Å². The number of thiazole rings is 1. The van der Waals surface area contributed by atoms with E-state index in [1.54, 1.807) is 11.3 Å². The third kappa shape index (κ3) is 6.31. The van der Waals surface area contributed by atoms with E-state index in [1.807, 2.05) is 16.7 Å². The highest BCUT2D eigenvalue weighted by molar-refractivity contribution is 7.99. The number of aromatic nitrogens is 1. The third-order valence-electron chi connectivity index (χ3n) is 5.33. The molecule has 0 N–H and O–H groups in total. The molecule has 0 bridgehead atoms. The Bertz CT molecular complexity index is 994. The number of aryl methyl sites for hydroxylation is 1. The fraction of sp³-hybridized carbons (Fsp3) is 0.440. The monoisotopic (exact) mass is 455 g/mol. The molecule has 0 radical (unpaired) electrons. The number of carbonyl (C=O) groups excluding carboxylic acids is 1. The third-order valence-corrected chi connectivity index (χ3v) is 7.39. The average molecular weight is 456 g/mol. The minimum Gasteiger partial charge on any atom is -0.302 e. The molecule has 0 aliphatic rings. The van der Waals surface area contributed by atoms with Gasteiger partial charge in [0.25, 0.3) is 0 Å². The molecule has 2 aromatic carbocycles. The molecular weight excluding hydrogens is 422 g/mol. The molecule has 31 heavy (non-hydrogen) atoms. The zero-order chi connectivity index (χ0) is 22.4. The Morgan fingerprint density at radius 1 is 1.06 bits per heavy atom. The van der Waals surface area contributed by atoms with Gasteiger partial charge in [-0.3, -0.25) is 9.69 Å². The number of anilines is 1. The maximum atomic E-state index is 13.4. The molecule has 0 atom stereocenters. The van der Waals surface area contributed by atoms with Crippen molar-refractivity contribution in [3.05, 3.63) is 53.6 Å². The normalized spacial score (nSPS) is 11.6. The highest BCUT2D eigenvalue weighted by atomic mass is 32.2. The van der Waals surface area contributed by atoms with E-state index in [-0.39, 0.29) is 5.91 Å². The molecule has 1 aromatic heterocycles. The molecule has 0 saturated heterocycles. The summed E-state index contributed by atoms with van der Waals surface area (Å²) in [6.07, 6.45) is 0.389. The number of hydrogen-bond donors (Lipinski definition) is 0. The summed E-state index contributed by atoms with van der Waals surface area (Å²) in [5.74, 6) is 0.105. The summed E-state index contributed by atoms with van der Waals surface area (Å²) in [6.45, 7) is 14.2. The number of amides is 1. The van der Waals surface area contributed by atoms with Crippen molar-refractivity contribution in [3.8, 4) is 0 Å². The second-order valence-electron chi connectivity index (χ2n) is 7.98. The van der Waals surface area contributed by atoms with Gasteiger partial charge in [0.15, 0.2) is 5.13 Å². The van der Waals surface area contributed by atoms with Crippen molar-refractivity contribution in [2.24, 2.45) is 0 Å². The van der Waals surface area contributed by atoms with Crippen molar-refractivity contribution in [3.63, 3.8) is 0 Å². The minimum atomic E-state index is 0.105. The number of nitrogens with zero attached hydrogens (tertiary/aromatic N) is 3. The van der Waals surface area contributed by atoms with Gasteiger partial charge >= 0.3 is 0 Å². The lowest BCUT2D eigenvalue weighted by Gasteiger charge is -2.24. The van der Waals surface area contributed by atoms with Gasteiger partial charge in [0, 0.05) is 23.2 Å². The largest absolute Gasteiger partial charge is 0.302 e. The van der Waals surface area contributed by atoms with Crippen LogP contribution >= 0.6 is 23.1 Å². The lowest BCUT2D eigenvalue weighted by molar-refractivity contribution is -0.118. The summed E-state index contributed by atoms with van der Waals surface area (Å²) in [5, 5.41) is 1.35. The second kappa shape index (κ2) is 11.1. The summed E-state index contributed by atoms with van der Waals surface area (Å²) >= 11 is 3.45. The molecule has 0 saturated carbocycles. The van der Waals surface area contributed by atoms with E-state index in [1.165, 1.54) is 4.90 Å². The van der Waals surface area contributed by atoms with Crippen LogP contribution in [0.15, 0.2) is 47.4 Å². The van der Waals surface area contributed by atoms with Crippen LogP contribution in [0.25, 0.3) is 10.2 Å². The summed E-state index contributed by atoms with van der Waals surface area (Å²) in [6, 6.07) is 14.6. The fourth-order valence-corrected chi connectivity index (χ4v) is 5.45. The Labute approximate surface area is 194 Å². The lowest BCUT2D eigenvalue weighted by Crippen LogP contribution is -2.39. The summed E-state index contributed by atoms with van der Waals surface area (Å²) < 4.78 is 1.13. The van der Waals surface area contributed by atoms with Gasteiger partial charge in [-0.05, 0) is 49.3 Å². The highest BCUT2D eigenvalue weighted by Gasteiger charge is 2.21. The van der Waals surface area contributed by atoms with Crippen LogP contribution in [-0.2, 0) is 11.2 Å². The predicted molar refractivity (Wildman–Crippen MR) is 136 cm³/mol. The van der Waals surface area contributed by atoms with Crippen LogP contribution < -0.4 is 4.90 Å². The van der Waals surface area contributed by atoms with Crippen LogP contribution in [0, 0.1) is 6.92 Å². The average Bonchev–Trinajstić information content (AvgIpc) is 3.17. The fourth-order valence-electron chi connectivity index (χ4n) is 3.53. The first kappa shape index (κ1) is 23.8. The maximum Gasteiger partial charge on any atom is 0.233 e. The standard InChI is InChI=1S/C25H33N3OS2/c1-6-27(7-2)15-16-28(25-26-24-19(5)9-8-10-22(24)31-25)23(29)17-20-11-13-21(14-12-20)30-18(3)4/h8-14,18H,6-7,15-17H2,1-5H3. The molecule has 1 amide bonds. The number of thioether (sulfide) groups is 1.